The summed E-state index contributed by atoms with van der Waals surface area (Å²) in [5.74, 6) is 0.102. The minimum absolute atomic E-state index is 0.0759. The highest BCUT2D eigenvalue weighted by atomic mass is 16.3. The molecule has 2 aromatic rings. The van der Waals surface area contributed by atoms with Gasteiger partial charge in [0.05, 0.1) is 6.26 Å². The van der Waals surface area contributed by atoms with Crippen LogP contribution < -0.4 is 5.73 Å². The number of amides is 1. The van der Waals surface area contributed by atoms with Gasteiger partial charge in [-0.05, 0) is 23.8 Å². The molecule has 0 radical (unpaired) electrons. The molecule has 1 amide bonds. The molecular formula is C11H11N3O2. The number of carbonyl (C=O) groups excluding carboxylic acids is 1. The Bertz CT molecular complexity index is 494. The summed E-state index contributed by atoms with van der Waals surface area (Å²) in [4.78, 5) is 11.2. The molecule has 2 heterocycles. The molecule has 0 aromatic carbocycles. The first-order valence-electron chi connectivity index (χ1n) is 4.85. The van der Waals surface area contributed by atoms with Gasteiger partial charge >= 0.3 is 0 Å². The molecule has 5 nitrogen and oxygen atoms in total. The van der Waals surface area contributed by atoms with Crippen LogP contribution in [0.25, 0.3) is 0 Å². The lowest BCUT2D eigenvalue weighted by molar-refractivity contribution is 0.0993. The second kappa shape index (κ2) is 4.14. The Labute approximate surface area is 92.3 Å². The summed E-state index contributed by atoms with van der Waals surface area (Å²) >= 11 is 0. The molecule has 2 rings (SSSR count). The van der Waals surface area contributed by atoms with Crippen molar-refractivity contribution in [3.63, 3.8) is 0 Å². The van der Waals surface area contributed by atoms with Crippen LogP contribution in [0.1, 0.15) is 34.7 Å². The summed E-state index contributed by atoms with van der Waals surface area (Å²) in [5.41, 5.74) is 6.14. The molecular weight excluding hydrogens is 206 g/mol. The Balaban J connectivity index is 2.44. The van der Waals surface area contributed by atoms with E-state index in [-0.39, 0.29) is 11.6 Å². The quantitative estimate of drug-likeness (QED) is 0.840. The smallest absolute Gasteiger partial charge is 0.269 e. The monoisotopic (exact) mass is 217 g/mol. The Hall–Kier alpha value is -2.17. The van der Waals surface area contributed by atoms with Crippen molar-refractivity contribution in [3.05, 3.63) is 47.7 Å². The van der Waals surface area contributed by atoms with Gasteiger partial charge in [-0.25, -0.2) is 0 Å². The molecule has 82 valence electrons. The number of nitrogens with zero attached hydrogens (tertiary/aromatic N) is 2. The van der Waals surface area contributed by atoms with Crippen molar-refractivity contribution in [3.8, 4) is 0 Å². The number of primary amides is 1. The molecule has 0 saturated heterocycles. The summed E-state index contributed by atoms with van der Waals surface area (Å²) in [7, 11) is 0. The van der Waals surface area contributed by atoms with Gasteiger partial charge in [0.2, 0.25) is 0 Å². The van der Waals surface area contributed by atoms with E-state index in [0.29, 0.717) is 0 Å². The highest BCUT2D eigenvalue weighted by Crippen LogP contribution is 2.25. The highest BCUT2D eigenvalue weighted by molar-refractivity contribution is 5.92. The fourth-order valence-electron chi connectivity index (χ4n) is 1.57. The van der Waals surface area contributed by atoms with E-state index < -0.39 is 5.91 Å². The summed E-state index contributed by atoms with van der Waals surface area (Å²) in [5, 5.41) is 7.39. The first kappa shape index (κ1) is 10.4. The third kappa shape index (κ3) is 1.79. The van der Waals surface area contributed by atoms with Crippen LogP contribution in [0.15, 0.2) is 35.1 Å². The van der Waals surface area contributed by atoms with Gasteiger partial charge in [0.1, 0.15) is 5.76 Å². The normalized spacial score (nSPS) is 12.3. The van der Waals surface area contributed by atoms with Crippen LogP contribution in [0.2, 0.25) is 0 Å². The van der Waals surface area contributed by atoms with E-state index >= 15 is 0 Å². The van der Waals surface area contributed by atoms with Crippen molar-refractivity contribution in [2.45, 2.75) is 12.8 Å². The second-order valence-corrected chi connectivity index (χ2v) is 3.44. The predicted molar refractivity (Wildman–Crippen MR) is 56.8 cm³/mol. The average Bonchev–Trinajstić information content (AvgIpc) is 2.81. The van der Waals surface area contributed by atoms with E-state index in [1.54, 1.807) is 18.4 Å². The number of nitrogens with two attached hydrogens (primary N) is 1. The van der Waals surface area contributed by atoms with E-state index in [1.165, 1.54) is 6.20 Å². The van der Waals surface area contributed by atoms with Crippen LogP contribution in [-0.4, -0.2) is 16.1 Å². The van der Waals surface area contributed by atoms with Crippen molar-refractivity contribution < 1.29 is 9.21 Å². The highest BCUT2D eigenvalue weighted by Gasteiger charge is 2.18. The first-order chi connectivity index (χ1) is 7.70. The maximum atomic E-state index is 11.2. The van der Waals surface area contributed by atoms with Gasteiger partial charge in [0, 0.05) is 12.1 Å². The fourth-order valence-corrected chi connectivity index (χ4v) is 1.57. The second-order valence-electron chi connectivity index (χ2n) is 3.44. The number of aromatic nitrogens is 2. The molecule has 0 aliphatic carbocycles. The van der Waals surface area contributed by atoms with Crippen molar-refractivity contribution in [2.24, 2.45) is 5.73 Å². The minimum Gasteiger partial charge on any atom is -0.469 e. The Morgan fingerprint density at radius 2 is 2.31 bits per heavy atom. The van der Waals surface area contributed by atoms with Crippen LogP contribution >= 0.6 is 0 Å². The van der Waals surface area contributed by atoms with Crippen molar-refractivity contribution in [1.29, 1.82) is 0 Å². The maximum absolute atomic E-state index is 11.2. The molecule has 0 saturated carbocycles. The largest absolute Gasteiger partial charge is 0.469 e. The Kier molecular flexibility index (Phi) is 2.68. The topological polar surface area (TPSA) is 82.0 Å². The molecule has 0 aliphatic rings. The summed E-state index contributed by atoms with van der Waals surface area (Å²) in [6.07, 6.45) is 3.12. The van der Waals surface area contributed by atoms with E-state index in [1.807, 2.05) is 13.0 Å². The van der Waals surface area contributed by atoms with Gasteiger partial charge < -0.3 is 10.2 Å². The van der Waals surface area contributed by atoms with Gasteiger partial charge in [-0.3, -0.25) is 4.79 Å². The number of furan rings is 1. The zero-order chi connectivity index (χ0) is 11.5. The summed E-state index contributed by atoms with van der Waals surface area (Å²) in [6.45, 7) is 1.92. The summed E-state index contributed by atoms with van der Waals surface area (Å²) < 4.78 is 5.28. The molecule has 1 unspecified atom stereocenters. The van der Waals surface area contributed by atoms with E-state index in [4.69, 9.17) is 10.2 Å². The van der Waals surface area contributed by atoms with E-state index in [9.17, 15) is 4.79 Å². The molecule has 0 spiro atoms. The van der Waals surface area contributed by atoms with Crippen molar-refractivity contribution in [1.82, 2.24) is 10.2 Å². The van der Waals surface area contributed by atoms with Gasteiger partial charge in [-0.15, -0.1) is 5.10 Å². The lowest BCUT2D eigenvalue weighted by atomic mass is 9.97. The van der Waals surface area contributed by atoms with E-state index in [2.05, 4.69) is 10.2 Å². The third-order valence-corrected chi connectivity index (χ3v) is 2.42. The number of hydrogen-bond acceptors (Lipinski definition) is 4. The fraction of sp³-hybridized carbons (Fsp3) is 0.182. The lowest BCUT2D eigenvalue weighted by Gasteiger charge is -2.10. The van der Waals surface area contributed by atoms with Crippen molar-refractivity contribution >= 4 is 5.91 Å². The Morgan fingerprint density at radius 3 is 2.94 bits per heavy atom. The molecule has 0 bridgehead atoms. The zero-order valence-corrected chi connectivity index (χ0v) is 8.75. The molecule has 16 heavy (non-hydrogen) atoms. The molecule has 2 N–H and O–H groups in total. The predicted octanol–water partition coefficient (Wildman–Crippen LogP) is 1.32. The molecule has 0 fully saturated rings. The number of carbonyl (C=O) groups is 1. The molecule has 1 atom stereocenters. The number of hydrogen-bond donors (Lipinski definition) is 1. The Morgan fingerprint density at radius 1 is 1.50 bits per heavy atom. The van der Waals surface area contributed by atoms with Gasteiger partial charge in [0.15, 0.2) is 5.69 Å². The van der Waals surface area contributed by atoms with Crippen molar-refractivity contribution in [2.75, 3.05) is 0 Å². The standard InChI is InChI=1S/C11H11N3O2/c1-7(9-3-2-6-16-9)8-4-5-13-14-10(8)11(12)15/h2-7H,1H3,(H2,12,15). The lowest BCUT2D eigenvalue weighted by Crippen LogP contribution is -2.17. The van der Waals surface area contributed by atoms with Gasteiger partial charge in [-0.2, -0.15) is 5.10 Å². The molecule has 5 heteroatoms. The third-order valence-electron chi connectivity index (χ3n) is 2.42. The average molecular weight is 217 g/mol. The first-order valence-corrected chi connectivity index (χ1v) is 4.85. The maximum Gasteiger partial charge on any atom is 0.269 e. The van der Waals surface area contributed by atoms with Crippen LogP contribution in [0, 0.1) is 0 Å². The van der Waals surface area contributed by atoms with Crippen LogP contribution in [-0.2, 0) is 0 Å². The summed E-state index contributed by atoms with van der Waals surface area (Å²) in [6, 6.07) is 5.36. The molecule has 0 aliphatic heterocycles. The van der Waals surface area contributed by atoms with E-state index in [0.717, 1.165) is 11.3 Å². The molecule has 2 aromatic heterocycles. The van der Waals surface area contributed by atoms with Gasteiger partial charge in [-0.1, -0.05) is 6.92 Å². The minimum atomic E-state index is -0.582. The van der Waals surface area contributed by atoms with Gasteiger partial charge in [0.25, 0.3) is 5.91 Å². The SMILES string of the molecule is CC(c1ccco1)c1ccnnc1C(N)=O. The number of rotatable bonds is 3. The van der Waals surface area contributed by atoms with Crippen LogP contribution in [0.5, 0.6) is 0 Å². The van der Waals surface area contributed by atoms with Crippen LogP contribution in [0.3, 0.4) is 0 Å². The van der Waals surface area contributed by atoms with Crippen LogP contribution in [0.4, 0.5) is 0 Å². The zero-order valence-electron chi connectivity index (χ0n) is 8.75.